The van der Waals surface area contributed by atoms with E-state index in [1.54, 1.807) is 11.1 Å². The minimum Gasteiger partial charge on any atom is -0.443 e. The van der Waals surface area contributed by atoms with Crippen molar-refractivity contribution in [3.8, 4) is 0 Å². The summed E-state index contributed by atoms with van der Waals surface area (Å²) in [5.74, 6) is 0.603. The van der Waals surface area contributed by atoms with Gasteiger partial charge < -0.3 is 19.7 Å². The summed E-state index contributed by atoms with van der Waals surface area (Å²) in [5.41, 5.74) is 3.01. The highest BCUT2D eigenvalue weighted by atomic mass is 16.6. The molecule has 0 bridgehead atoms. The minimum absolute atomic E-state index is 0.325. The van der Waals surface area contributed by atoms with Crippen LogP contribution in [0.2, 0.25) is 0 Å². The van der Waals surface area contributed by atoms with Gasteiger partial charge in [0, 0.05) is 75.9 Å². The van der Waals surface area contributed by atoms with Crippen molar-refractivity contribution >= 4 is 17.6 Å². The number of rotatable bonds is 12. The van der Waals surface area contributed by atoms with E-state index in [4.69, 9.17) is 14.5 Å². The van der Waals surface area contributed by atoms with E-state index in [9.17, 15) is 4.79 Å². The molecule has 0 spiro atoms. The van der Waals surface area contributed by atoms with Gasteiger partial charge in [0.2, 0.25) is 0 Å². The van der Waals surface area contributed by atoms with Crippen molar-refractivity contribution in [3.63, 3.8) is 0 Å². The summed E-state index contributed by atoms with van der Waals surface area (Å²) in [6, 6.07) is 8.56. The van der Waals surface area contributed by atoms with Gasteiger partial charge in [0.15, 0.2) is 0 Å². The molecule has 2 aliphatic rings. The molecule has 1 N–H and O–H groups in total. The highest BCUT2D eigenvalue weighted by Gasteiger charge is 2.27. The predicted molar refractivity (Wildman–Crippen MR) is 179 cm³/mol. The molecule has 0 aromatic heterocycles. The van der Waals surface area contributed by atoms with Gasteiger partial charge in [-0.1, -0.05) is 51.1 Å². The number of allylic oxidation sites excluding steroid dienone is 2. The lowest BCUT2D eigenvalue weighted by molar-refractivity contribution is 0.0603. The van der Waals surface area contributed by atoms with E-state index < -0.39 is 11.7 Å². The van der Waals surface area contributed by atoms with Gasteiger partial charge in [0.1, 0.15) is 11.4 Å². The van der Waals surface area contributed by atoms with Gasteiger partial charge in [-0.05, 0) is 71.2 Å². The van der Waals surface area contributed by atoms with Crippen LogP contribution in [0.4, 0.5) is 10.5 Å². The number of nitrogens with one attached hydrogen (secondary N) is 1. The Balaban J connectivity index is 1.80. The molecule has 2 saturated heterocycles. The first kappa shape index (κ1) is 34.5. The number of hydrogen-bond acceptors (Lipinski definition) is 7. The van der Waals surface area contributed by atoms with Crippen molar-refractivity contribution in [2.24, 2.45) is 4.99 Å². The van der Waals surface area contributed by atoms with E-state index in [-0.39, 0.29) is 0 Å². The monoisotopic (exact) mass is 593 g/mol. The van der Waals surface area contributed by atoms with Crippen molar-refractivity contribution in [2.75, 3.05) is 50.8 Å². The van der Waals surface area contributed by atoms with Crippen LogP contribution < -0.4 is 10.2 Å². The normalized spacial score (nSPS) is 18.2. The average molecular weight is 594 g/mol. The van der Waals surface area contributed by atoms with E-state index in [1.807, 2.05) is 58.9 Å². The van der Waals surface area contributed by atoms with Crippen LogP contribution in [0.1, 0.15) is 79.2 Å². The lowest BCUT2D eigenvalue weighted by Crippen LogP contribution is -2.46. The van der Waals surface area contributed by atoms with Gasteiger partial charge in [-0.2, -0.15) is 0 Å². The molecule has 1 amide bonds. The highest BCUT2D eigenvalue weighted by molar-refractivity contribution is 6.14. The quantitative estimate of drug-likeness (QED) is 0.162. The maximum absolute atomic E-state index is 13.6. The van der Waals surface area contributed by atoms with Crippen LogP contribution in [0.15, 0.2) is 65.5 Å². The summed E-state index contributed by atoms with van der Waals surface area (Å²) >= 11 is 0. The number of hydrogen-bond donors (Lipinski definition) is 1. The Labute approximate surface area is 260 Å². The van der Waals surface area contributed by atoms with Crippen molar-refractivity contribution in [1.29, 1.82) is 0 Å². The van der Waals surface area contributed by atoms with E-state index in [1.165, 1.54) is 24.9 Å². The zero-order valence-corrected chi connectivity index (χ0v) is 27.5. The highest BCUT2D eigenvalue weighted by Crippen LogP contribution is 2.23. The van der Waals surface area contributed by atoms with E-state index in [0.29, 0.717) is 18.3 Å². The molecular weight excluding hydrogens is 538 g/mol. The Morgan fingerprint density at radius 3 is 2.35 bits per heavy atom. The molecule has 0 atom stereocenters. The second kappa shape index (κ2) is 17.4. The van der Waals surface area contributed by atoms with E-state index in [0.717, 1.165) is 75.7 Å². The molecule has 0 saturated carbocycles. The third-order valence-electron chi connectivity index (χ3n) is 7.69. The van der Waals surface area contributed by atoms with Crippen LogP contribution in [0.5, 0.6) is 0 Å². The third kappa shape index (κ3) is 11.6. The number of anilines is 1. The minimum atomic E-state index is -0.638. The number of piperazine rings is 1. The summed E-state index contributed by atoms with van der Waals surface area (Å²) in [6.07, 6.45) is 10.3. The van der Waals surface area contributed by atoms with Gasteiger partial charge in [0.05, 0.1) is 5.69 Å². The number of amides is 1. The number of ether oxygens (including phenoxy) is 2. The first-order valence-electron chi connectivity index (χ1n) is 16.1. The first-order valence-corrected chi connectivity index (χ1v) is 16.1. The fourth-order valence-electron chi connectivity index (χ4n) is 5.25. The van der Waals surface area contributed by atoms with Crippen LogP contribution in [0.25, 0.3) is 0 Å². The van der Waals surface area contributed by atoms with Crippen LogP contribution in [0.3, 0.4) is 0 Å². The Kier molecular flexibility index (Phi) is 14.0. The summed E-state index contributed by atoms with van der Waals surface area (Å²) in [7, 11) is 0. The lowest BCUT2D eigenvalue weighted by Gasteiger charge is -2.34. The molecular formula is C35H55N5O3. The molecule has 2 heterocycles. The van der Waals surface area contributed by atoms with Crippen molar-refractivity contribution in [1.82, 2.24) is 15.1 Å². The fraction of sp³-hybridized carbons (Fsp3) is 0.600. The number of carbonyl (C=O) groups is 1. The maximum Gasteiger partial charge on any atom is 0.420 e. The molecule has 2 aliphatic heterocycles. The second-order valence-electron chi connectivity index (χ2n) is 12.4. The Hall–Kier alpha value is -2.94. The second-order valence-corrected chi connectivity index (χ2v) is 12.4. The smallest absolute Gasteiger partial charge is 0.420 e. The largest absolute Gasteiger partial charge is 0.443 e. The van der Waals surface area contributed by atoms with Crippen molar-refractivity contribution < 1.29 is 14.3 Å². The number of carbonyl (C=O) groups excluding carboxylic acids is 1. The molecule has 3 rings (SSSR count). The molecule has 238 valence electrons. The van der Waals surface area contributed by atoms with Crippen molar-refractivity contribution in [3.05, 3.63) is 66.0 Å². The molecule has 2 fully saturated rings. The first-order chi connectivity index (χ1) is 20.6. The van der Waals surface area contributed by atoms with E-state index in [2.05, 4.69) is 40.8 Å². The van der Waals surface area contributed by atoms with Gasteiger partial charge in [-0.15, -0.1) is 0 Å². The standard InChI is InChI=1S/C35H55N5O3/c1-8-11-19-38-20-22-39(23-21-38)27-29-13-15-32(16-14-29)40(34(41)43-35(5,6)7)33(10-3)36-26-30(12-9-2)28(4)37-31-17-24-42-25-18-31/h9,12-16,26,31,37H,4,8,10-11,17-25,27H2,1-3,5-7H3/b12-9?,30-26-,36-33?. The SMILES string of the molecule is C=C(NC1CCOCC1)/C(C=CC)=C\N=C(CC)N(C(=O)OC(C)(C)C)c1ccc(CN2CCN(CCCC)CC2)cc1. The topological polar surface area (TPSA) is 69.6 Å². The summed E-state index contributed by atoms with van der Waals surface area (Å²) < 4.78 is 11.3. The Morgan fingerprint density at radius 2 is 1.77 bits per heavy atom. The fourth-order valence-corrected chi connectivity index (χ4v) is 5.25. The molecule has 1 aromatic rings. The summed E-state index contributed by atoms with van der Waals surface area (Å²) in [4.78, 5) is 25.1. The van der Waals surface area contributed by atoms with Gasteiger partial charge in [0.25, 0.3) is 0 Å². The summed E-state index contributed by atoms with van der Waals surface area (Å²) in [6.45, 7) is 24.2. The molecule has 0 radical (unpaired) electrons. The van der Waals surface area contributed by atoms with Crippen LogP contribution in [-0.2, 0) is 16.0 Å². The average Bonchev–Trinajstić information content (AvgIpc) is 2.98. The molecule has 1 aromatic carbocycles. The van der Waals surface area contributed by atoms with E-state index >= 15 is 0 Å². The number of nitrogens with zero attached hydrogens (tertiary/aromatic N) is 4. The zero-order valence-electron chi connectivity index (χ0n) is 27.5. The van der Waals surface area contributed by atoms with Gasteiger partial charge in [-0.3, -0.25) is 4.90 Å². The van der Waals surface area contributed by atoms with Crippen molar-refractivity contribution in [2.45, 2.75) is 91.8 Å². The molecule has 8 nitrogen and oxygen atoms in total. The number of unbranched alkanes of at least 4 members (excludes halogenated alkanes) is 1. The number of benzene rings is 1. The number of aliphatic imine (C=N–C) groups is 1. The molecule has 43 heavy (non-hydrogen) atoms. The Morgan fingerprint density at radius 1 is 1.12 bits per heavy atom. The third-order valence-corrected chi connectivity index (χ3v) is 7.69. The predicted octanol–water partition coefficient (Wildman–Crippen LogP) is 6.90. The lowest BCUT2D eigenvalue weighted by atomic mass is 10.1. The maximum atomic E-state index is 13.6. The van der Waals surface area contributed by atoms with Crippen LogP contribution >= 0.6 is 0 Å². The Bertz CT molecular complexity index is 1110. The molecule has 0 unspecified atom stereocenters. The zero-order chi connectivity index (χ0) is 31.2. The van der Waals surface area contributed by atoms with Gasteiger partial charge in [-0.25, -0.2) is 14.7 Å². The number of amidine groups is 1. The van der Waals surface area contributed by atoms with Crippen LogP contribution in [0, 0.1) is 0 Å². The molecule has 0 aliphatic carbocycles. The summed E-state index contributed by atoms with van der Waals surface area (Å²) in [5, 5.41) is 3.54. The molecule has 8 heteroatoms. The van der Waals surface area contributed by atoms with Crippen LogP contribution in [-0.4, -0.2) is 79.3 Å². The van der Waals surface area contributed by atoms with Gasteiger partial charge >= 0.3 is 6.09 Å².